The maximum absolute atomic E-state index is 10.3. The van der Waals surface area contributed by atoms with E-state index in [-0.39, 0.29) is 25.2 Å². The summed E-state index contributed by atoms with van der Waals surface area (Å²) in [6.45, 7) is 1.67. The third-order valence-corrected chi connectivity index (χ3v) is 2.92. The van der Waals surface area contributed by atoms with E-state index in [0.717, 1.165) is 0 Å². The molecule has 2 heterocycles. The number of rotatable bonds is 0. The Hall–Kier alpha value is -6.12. The SMILES string of the molecule is CC1CC(=O)OC1=O.O=C1CCC(=O)O1.[C-]#CC#CC#CC#CC#CC#CC#CC#CC#CC#C. The summed E-state index contributed by atoms with van der Waals surface area (Å²) in [7, 11) is 0. The number of carbonyl (C=O) groups excluding carboxylic acids is 4. The molecule has 0 N–H and O–H groups in total. The minimum Gasteiger partial charge on any atom is -0.393 e. The minimum absolute atomic E-state index is 0.220. The van der Waals surface area contributed by atoms with Crippen LogP contribution in [0.25, 0.3) is 0 Å². The maximum atomic E-state index is 10.3. The van der Waals surface area contributed by atoms with E-state index in [1.54, 1.807) is 6.92 Å². The van der Waals surface area contributed by atoms with Gasteiger partial charge in [-0.3, -0.25) is 25.1 Å². The van der Waals surface area contributed by atoms with Crippen molar-refractivity contribution < 1.29 is 28.7 Å². The number of hydrogen-bond acceptors (Lipinski definition) is 6. The topological polar surface area (TPSA) is 86.7 Å². The molecule has 1 atom stereocenters. The Bertz CT molecular complexity index is 1370. The van der Waals surface area contributed by atoms with Crippen molar-refractivity contribution in [1.29, 1.82) is 0 Å². The molecule has 0 bridgehead atoms. The van der Waals surface area contributed by atoms with Gasteiger partial charge in [0.15, 0.2) is 0 Å². The zero-order valence-corrected chi connectivity index (χ0v) is 18.2. The first kappa shape index (κ1) is 28.9. The van der Waals surface area contributed by atoms with Gasteiger partial charge in [0.2, 0.25) is 0 Å². The maximum Gasteiger partial charge on any atom is 0.316 e. The number of esters is 4. The van der Waals surface area contributed by atoms with Gasteiger partial charge in [0.05, 0.1) is 25.2 Å². The van der Waals surface area contributed by atoms with Gasteiger partial charge in [-0.2, -0.15) is 0 Å². The zero-order valence-electron chi connectivity index (χ0n) is 18.2. The Kier molecular flexibility index (Phi) is 16.4. The van der Waals surface area contributed by atoms with Crippen LogP contribution in [0.5, 0.6) is 0 Å². The van der Waals surface area contributed by atoms with Crippen molar-refractivity contribution in [2.45, 2.75) is 26.2 Å². The van der Waals surface area contributed by atoms with Crippen LogP contribution in [-0.4, -0.2) is 23.9 Å². The standard InChI is InChI=1S/C20H.C5H6O3.C4H4O3/c1-3-5-7-9-11-13-15-17-19-20-18-16-14-12-10-8-6-4-2;1-3-2-4(6)8-5(3)7;5-3-1-2-4(6)7-3/h1H;3H,2H2,1H3;1-2H2/q-1;;. The van der Waals surface area contributed by atoms with Gasteiger partial charge >= 0.3 is 23.9 Å². The van der Waals surface area contributed by atoms with Gasteiger partial charge in [0.25, 0.3) is 0 Å². The predicted molar refractivity (Wildman–Crippen MR) is 123 cm³/mol. The molecule has 35 heavy (non-hydrogen) atoms. The van der Waals surface area contributed by atoms with E-state index < -0.39 is 23.9 Å². The van der Waals surface area contributed by atoms with Crippen molar-refractivity contribution >= 4 is 23.9 Å². The monoisotopic (exact) mass is 455 g/mol. The van der Waals surface area contributed by atoms with Crippen molar-refractivity contribution in [1.82, 2.24) is 0 Å². The highest BCUT2D eigenvalue weighted by Crippen LogP contribution is 2.13. The summed E-state index contributed by atoms with van der Waals surface area (Å²) >= 11 is 0. The average Bonchev–Trinajstić information content (AvgIpc) is 3.35. The fourth-order valence-corrected chi connectivity index (χ4v) is 1.53. The Morgan fingerprint density at radius 2 is 1.00 bits per heavy atom. The van der Waals surface area contributed by atoms with Crippen LogP contribution in [-0.2, 0) is 28.7 Å². The molecule has 2 fully saturated rings. The second-order valence-corrected chi connectivity index (χ2v) is 5.51. The Labute approximate surface area is 204 Å². The van der Waals surface area contributed by atoms with Crippen LogP contribution >= 0.6 is 0 Å². The van der Waals surface area contributed by atoms with E-state index in [1.807, 2.05) is 5.92 Å². The molecule has 2 aliphatic rings. The molecule has 0 aromatic rings. The molecular formula is C29H11O6-. The number of terminal acetylenes is 1. The summed E-state index contributed by atoms with van der Waals surface area (Å²) in [5, 5.41) is 0. The van der Waals surface area contributed by atoms with Crippen molar-refractivity contribution in [2.75, 3.05) is 0 Å². The molecule has 0 amide bonds. The van der Waals surface area contributed by atoms with Gasteiger partial charge < -0.3 is 15.9 Å². The molecule has 0 aliphatic carbocycles. The fraction of sp³-hybridized carbons (Fsp3) is 0.172. The van der Waals surface area contributed by atoms with Crippen LogP contribution in [0, 0.1) is 125 Å². The average molecular weight is 455 g/mol. The molecule has 2 saturated heterocycles. The first-order chi connectivity index (χ1) is 16.9. The van der Waals surface area contributed by atoms with E-state index >= 15 is 0 Å². The number of cyclic esters (lactones) is 4. The fourth-order valence-electron chi connectivity index (χ4n) is 1.53. The van der Waals surface area contributed by atoms with Crippen LogP contribution in [0.3, 0.4) is 0 Å². The van der Waals surface area contributed by atoms with Gasteiger partial charge in [0, 0.05) is 0 Å². The van der Waals surface area contributed by atoms with Crippen LogP contribution in [0.4, 0.5) is 0 Å². The second-order valence-electron chi connectivity index (χ2n) is 5.51. The summed E-state index contributed by atoms with van der Waals surface area (Å²) in [4.78, 5) is 40.6. The summed E-state index contributed by atoms with van der Waals surface area (Å²) in [5.74, 6) is 40.8. The van der Waals surface area contributed by atoms with Gasteiger partial charge in [-0.15, -0.1) is 12.3 Å². The van der Waals surface area contributed by atoms with E-state index in [2.05, 4.69) is 110 Å². The normalized spacial score (nSPS) is 12.6. The summed E-state index contributed by atoms with van der Waals surface area (Å²) < 4.78 is 8.28. The molecule has 0 spiro atoms. The molecule has 2 rings (SSSR count). The van der Waals surface area contributed by atoms with Crippen molar-refractivity contribution in [3.63, 3.8) is 0 Å². The molecule has 0 aromatic carbocycles. The third kappa shape index (κ3) is 18.4. The van der Waals surface area contributed by atoms with Crippen LogP contribution in [0.2, 0.25) is 0 Å². The lowest BCUT2D eigenvalue weighted by molar-refractivity contribution is -0.154. The Balaban J connectivity index is 0.000000616. The lowest BCUT2D eigenvalue weighted by Gasteiger charge is -1.86. The lowest BCUT2D eigenvalue weighted by atomic mass is 10.1. The molecule has 1 unspecified atom stereocenters. The van der Waals surface area contributed by atoms with E-state index in [0.29, 0.717) is 0 Å². The number of ether oxygens (including phenoxy) is 2. The van der Waals surface area contributed by atoms with Crippen LogP contribution < -0.4 is 0 Å². The van der Waals surface area contributed by atoms with Crippen molar-refractivity contribution in [3.8, 4) is 113 Å². The van der Waals surface area contributed by atoms with Gasteiger partial charge in [-0.25, -0.2) is 5.92 Å². The quantitative estimate of drug-likeness (QED) is 0.224. The Morgan fingerprint density at radius 1 is 0.629 bits per heavy atom. The smallest absolute Gasteiger partial charge is 0.316 e. The summed E-state index contributed by atoms with van der Waals surface area (Å²) in [5.41, 5.74) is 0. The number of hydrogen-bond donors (Lipinski definition) is 0. The zero-order chi connectivity index (χ0) is 26.2. The van der Waals surface area contributed by atoms with E-state index in [4.69, 9.17) is 12.8 Å². The lowest BCUT2D eigenvalue weighted by Crippen LogP contribution is -2.01. The molecular weight excluding hydrogens is 444 g/mol. The Morgan fingerprint density at radius 3 is 1.20 bits per heavy atom. The summed E-state index contributed by atoms with van der Waals surface area (Å²) in [6.07, 6.45) is 12.1. The highest BCUT2D eigenvalue weighted by Gasteiger charge is 2.28. The van der Waals surface area contributed by atoms with Crippen LogP contribution in [0.15, 0.2) is 0 Å². The molecule has 6 heteroatoms. The predicted octanol–water partition coefficient (Wildman–Crippen LogP) is 0.183. The molecule has 6 nitrogen and oxygen atoms in total. The van der Waals surface area contributed by atoms with Gasteiger partial charge in [-0.05, 0) is 88.8 Å². The first-order valence-electron chi connectivity index (χ1n) is 9.26. The summed E-state index contributed by atoms with van der Waals surface area (Å²) in [6, 6.07) is 0. The highest BCUT2D eigenvalue weighted by atomic mass is 16.6. The van der Waals surface area contributed by atoms with Gasteiger partial charge in [0.1, 0.15) is 0 Å². The van der Waals surface area contributed by atoms with Crippen molar-refractivity contribution in [2.24, 2.45) is 5.92 Å². The third-order valence-electron chi connectivity index (χ3n) is 2.92. The molecule has 164 valence electrons. The van der Waals surface area contributed by atoms with Crippen LogP contribution in [0.1, 0.15) is 26.2 Å². The highest BCUT2D eigenvalue weighted by molar-refractivity contribution is 5.94. The molecule has 0 aromatic heterocycles. The molecule has 0 saturated carbocycles. The molecule has 0 radical (unpaired) electrons. The first-order valence-corrected chi connectivity index (χ1v) is 9.26. The minimum atomic E-state index is -0.400. The largest absolute Gasteiger partial charge is 0.393 e. The van der Waals surface area contributed by atoms with E-state index in [1.165, 1.54) is 0 Å². The van der Waals surface area contributed by atoms with Gasteiger partial charge in [-0.1, -0.05) is 6.92 Å². The molecule has 2 aliphatic heterocycles. The number of carbonyl (C=O) groups is 4. The second kappa shape index (κ2) is 19.8. The van der Waals surface area contributed by atoms with E-state index in [9.17, 15) is 19.2 Å². The van der Waals surface area contributed by atoms with Crippen molar-refractivity contribution in [3.05, 3.63) is 6.42 Å².